The summed E-state index contributed by atoms with van der Waals surface area (Å²) in [6.45, 7) is 2.56. The van der Waals surface area contributed by atoms with Crippen LogP contribution in [-0.4, -0.2) is 32.8 Å². The Bertz CT molecular complexity index is 1690. The van der Waals surface area contributed by atoms with E-state index in [1.807, 2.05) is 91.0 Å². The molecule has 8 heteroatoms. The van der Waals surface area contributed by atoms with E-state index in [4.69, 9.17) is 9.47 Å². The molecule has 1 aliphatic rings. The van der Waals surface area contributed by atoms with E-state index in [0.29, 0.717) is 23.0 Å². The van der Waals surface area contributed by atoms with E-state index >= 15 is 0 Å². The fourth-order valence-corrected chi connectivity index (χ4v) is 6.44. The van der Waals surface area contributed by atoms with Gasteiger partial charge in [-0.15, -0.1) is 0 Å². The van der Waals surface area contributed by atoms with Crippen molar-refractivity contribution in [2.45, 2.75) is 43.7 Å². The number of rotatable bonds is 10. The van der Waals surface area contributed by atoms with Crippen LogP contribution in [0.25, 0.3) is 11.1 Å². The Balaban J connectivity index is 1.21. The molecule has 7 nitrogen and oxygen atoms in total. The van der Waals surface area contributed by atoms with Crippen LogP contribution >= 0.6 is 11.8 Å². The van der Waals surface area contributed by atoms with Crippen molar-refractivity contribution in [1.29, 1.82) is 0 Å². The quantitative estimate of drug-likeness (QED) is 0.127. The number of hydrogen-bond donors (Lipinski definition) is 2. The van der Waals surface area contributed by atoms with Gasteiger partial charge in [0.15, 0.2) is 11.4 Å². The predicted molar refractivity (Wildman–Crippen MR) is 175 cm³/mol. The number of aromatic nitrogens is 2. The minimum absolute atomic E-state index is 0.00168. The van der Waals surface area contributed by atoms with Crippen LogP contribution in [0.2, 0.25) is 0 Å². The van der Waals surface area contributed by atoms with Crippen LogP contribution in [0.4, 0.5) is 0 Å². The zero-order valence-electron chi connectivity index (χ0n) is 25.0. The van der Waals surface area contributed by atoms with E-state index in [1.54, 1.807) is 24.2 Å². The van der Waals surface area contributed by atoms with Crippen LogP contribution in [0.3, 0.4) is 0 Å². The SMILES string of the molecule is CC1C(CSc2ncccn2)OC(c2ccc(-c3ccccc3CNC(=O)c3ccccc3)cc2)OC1c1ccc(CO)cc1. The van der Waals surface area contributed by atoms with Gasteiger partial charge < -0.3 is 19.9 Å². The van der Waals surface area contributed by atoms with Crippen LogP contribution in [0.5, 0.6) is 0 Å². The van der Waals surface area contributed by atoms with Crippen molar-refractivity contribution in [3.05, 3.63) is 149 Å². The van der Waals surface area contributed by atoms with Crippen LogP contribution in [0, 0.1) is 5.92 Å². The standard InChI is InChI=1S/C37H35N3O4S/c1-25-33(24-45-37-38-20-7-21-39-37)43-36(44-34(25)28-14-12-26(23-41)13-15-28)30-18-16-27(17-19-30)32-11-6-5-10-31(32)22-40-35(42)29-8-3-2-4-9-29/h2-21,25,33-34,36,41H,22-24H2,1H3,(H,40,42). The van der Waals surface area contributed by atoms with Crippen molar-refractivity contribution in [3.8, 4) is 11.1 Å². The largest absolute Gasteiger partial charge is 0.392 e. The molecule has 45 heavy (non-hydrogen) atoms. The third kappa shape index (κ3) is 7.49. The highest BCUT2D eigenvalue weighted by Crippen LogP contribution is 2.43. The summed E-state index contributed by atoms with van der Waals surface area (Å²) in [6, 6.07) is 35.3. The van der Waals surface area contributed by atoms with Gasteiger partial charge in [-0.1, -0.05) is 110 Å². The van der Waals surface area contributed by atoms with Gasteiger partial charge in [0.1, 0.15) is 0 Å². The maximum Gasteiger partial charge on any atom is 0.251 e. The number of benzene rings is 4. The Morgan fingerprint density at radius 1 is 0.822 bits per heavy atom. The third-order valence-electron chi connectivity index (χ3n) is 8.03. The lowest BCUT2D eigenvalue weighted by atomic mass is 9.91. The Hall–Kier alpha value is -4.34. The molecule has 0 aliphatic carbocycles. The van der Waals surface area contributed by atoms with Crippen LogP contribution in [0.1, 0.15) is 51.9 Å². The molecule has 228 valence electrons. The van der Waals surface area contributed by atoms with Crippen LogP contribution < -0.4 is 5.32 Å². The van der Waals surface area contributed by atoms with Crippen molar-refractivity contribution in [1.82, 2.24) is 15.3 Å². The first-order valence-electron chi connectivity index (χ1n) is 15.0. The lowest BCUT2D eigenvalue weighted by molar-refractivity contribution is -0.268. The maximum absolute atomic E-state index is 12.7. The third-order valence-corrected chi connectivity index (χ3v) is 8.99. The number of aliphatic hydroxyl groups excluding tert-OH is 1. The summed E-state index contributed by atoms with van der Waals surface area (Å²) in [5, 5.41) is 13.3. The molecule has 6 rings (SSSR count). The Labute approximate surface area is 267 Å². The summed E-state index contributed by atoms with van der Waals surface area (Å²) >= 11 is 1.57. The van der Waals surface area contributed by atoms with Gasteiger partial charge in [0.2, 0.25) is 0 Å². The normalized spacial score (nSPS) is 19.6. The summed E-state index contributed by atoms with van der Waals surface area (Å²) in [7, 11) is 0. The second-order valence-electron chi connectivity index (χ2n) is 11.0. The van der Waals surface area contributed by atoms with Gasteiger partial charge in [-0.2, -0.15) is 0 Å². The molecule has 1 fully saturated rings. The average Bonchev–Trinajstić information content (AvgIpc) is 3.11. The number of hydrogen-bond acceptors (Lipinski definition) is 7. The smallest absolute Gasteiger partial charge is 0.251 e. The topological polar surface area (TPSA) is 93.6 Å². The summed E-state index contributed by atoms with van der Waals surface area (Å²) in [6.07, 6.45) is 2.60. The van der Waals surface area contributed by atoms with Crippen molar-refractivity contribution in [3.63, 3.8) is 0 Å². The Kier molecular flexibility index (Phi) is 9.97. The molecule has 1 amide bonds. The van der Waals surface area contributed by atoms with Gasteiger partial charge in [-0.25, -0.2) is 9.97 Å². The molecule has 0 bridgehead atoms. The van der Waals surface area contributed by atoms with Gasteiger partial charge in [0.25, 0.3) is 5.91 Å². The lowest BCUT2D eigenvalue weighted by Gasteiger charge is -2.41. The minimum Gasteiger partial charge on any atom is -0.392 e. The Morgan fingerprint density at radius 2 is 1.51 bits per heavy atom. The predicted octanol–water partition coefficient (Wildman–Crippen LogP) is 7.15. The first-order chi connectivity index (χ1) is 22.1. The second kappa shape index (κ2) is 14.6. The highest BCUT2D eigenvalue weighted by molar-refractivity contribution is 7.99. The fourth-order valence-electron chi connectivity index (χ4n) is 5.47. The number of nitrogens with zero attached hydrogens (tertiary/aromatic N) is 2. The Morgan fingerprint density at radius 3 is 2.24 bits per heavy atom. The van der Waals surface area contributed by atoms with E-state index in [-0.39, 0.29) is 30.6 Å². The number of aliphatic hydroxyl groups is 1. The van der Waals surface area contributed by atoms with Gasteiger partial charge in [-0.05, 0) is 46.0 Å². The van der Waals surface area contributed by atoms with Crippen molar-refractivity contribution >= 4 is 17.7 Å². The summed E-state index contributed by atoms with van der Waals surface area (Å²) in [5.41, 5.74) is 6.58. The molecule has 1 aromatic heterocycles. The molecule has 2 heterocycles. The molecule has 1 aliphatic heterocycles. The number of thioether (sulfide) groups is 1. The summed E-state index contributed by atoms with van der Waals surface area (Å²) in [5.74, 6) is 0.638. The van der Waals surface area contributed by atoms with Crippen LogP contribution in [0.15, 0.2) is 127 Å². The molecule has 4 unspecified atom stereocenters. The fraction of sp³-hybridized carbons (Fsp3) is 0.216. The van der Waals surface area contributed by atoms with E-state index in [1.165, 1.54) is 0 Å². The van der Waals surface area contributed by atoms with E-state index in [9.17, 15) is 9.90 Å². The molecule has 0 saturated carbocycles. The van der Waals surface area contributed by atoms with Crippen molar-refractivity contribution in [2.75, 3.05) is 5.75 Å². The molecule has 5 aromatic rings. The molecule has 2 N–H and O–H groups in total. The summed E-state index contributed by atoms with van der Waals surface area (Å²) < 4.78 is 13.2. The molecule has 0 spiro atoms. The highest BCUT2D eigenvalue weighted by atomic mass is 32.2. The molecule has 1 saturated heterocycles. The minimum atomic E-state index is -0.569. The van der Waals surface area contributed by atoms with Gasteiger partial charge >= 0.3 is 0 Å². The van der Waals surface area contributed by atoms with Crippen molar-refractivity contribution in [2.24, 2.45) is 5.92 Å². The molecule has 4 aromatic carbocycles. The van der Waals surface area contributed by atoms with E-state index < -0.39 is 6.29 Å². The number of ether oxygens (including phenoxy) is 2. The first-order valence-corrected chi connectivity index (χ1v) is 16.0. The number of nitrogens with one attached hydrogen (secondary N) is 1. The molecular formula is C37H35N3O4S. The monoisotopic (exact) mass is 617 g/mol. The number of amides is 1. The van der Waals surface area contributed by atoms with Gasteiger partial charge in [-0.3, -0.25) is 4.79 Å². The highest BCUT2D eigenvalue weighted by Gasteiger charge is 2.38. The second-order valence-corrected chi connectivity index (χ2v) is 12.0. The zero-order valence-corrected chi connectivity index (χ0v) is 25.8. The lowest BCUT2D eigenvalue weighted by Crippen LogP contribution is -2.38. The number of carbonyl (C=O) groups excluding carboxylic acids is 1. The molecular weight excluding hydrogens is 582 g/mol. The molecule has 0 radical (unpaired) electrons. The first kappa shape index (κ1) is 30.7. The van der Waals surface area contributed by atoms with Gasteiger partial charge in [0, 0.05) is 41.7 Å². The zero-order chi connectivity index (χ0) is 31.0. The maximum atomic E-state index is 12.7. The van der Waals surface area contributed by atoms with E-state index in [0.717, 1.165) is 33.4 Å². The molecule has 4 atom stereocenters. The number of carbonyl (C=O) groups is 1. The van der Waals surface area contributed by atoms with Gasteiger partial charge in [0.05, 0.1) is 18.8 Å². The van der Waals surface area contributed by atoms with Crippen LogP contribution in [-0.2, 0) is 22.6 Å². The summed E-state index contributed by atoms with van der Waals surface area (Å²) in [4.78, 5) is 21.4. The average molecular weight is 618 g/mol. The van der Waals surface area contributed by atoms with Crippen molar-refractivity contribution < 1.29 is 19.4 Å². The van der Waals surface area contributed by atoms with E-state index in [2.05, 4.69) is 40.4 Å².